The molecule has 0 unspecified atom stereocenters. The average Bonchev–Trinajstić information content (AvgIpc) is 2.45. The summed E-state index contributed by atoms with van der Waals surface area (Å²) < 4.78 is 4.84. The highest BCUT2D eigenvalue weighted by atomic mass is 16.5. The van der Waals surface area contributed by atoms with E-state index in [0.717, 1.165) is 5.57 Å². The molecule has 0 saturated carbocycles. The highest BCUT2D eigenvalue weighted by Crippen LogP contribution is 2.11. The van der Waals surface area contributed by atoms with Crippen LogP contribution in [0.25, 0.3) is 0 Å². The van der Waals surface area contributed by atoms with E-state index in [4.69, 9.17) is 4.74 Å². The Morgan fingerprint density at radius 3 is 3.07 bits per heavy atom. The number of carbonyl (C=O) groups is 1. The lowest BCUT2D eigenvalue weighted by molar-refractivity contribution is -0.138. The van der Waals surface area contributed by atoms with Gasteiger partial charge in [-0.3, -0.25) is 0 Å². The molecule has 3 nitrogen and oxygen atoms in total. The zero-order valence-electron chi connectivity index (χ0n) is 8.12. The first kappa shape index (κ1) is 10.3. The molecule has 0 saturated heterocycles. The summed E-state index contributed by atoms with van der Waals surface area (Å²) in [5, 5.41) is 2.90. The van der Waals surface area contributed by atoms with Crippen LogP contribution in [-0.4, -0.2) is 12.6 Å². The van der Waals surface area contributed by atoms with Crippen LogP contribution >= 0.6 is 0 Å². The van der Waals surface area contributed by atoms with Crippen LogP contribution in [0.5, 0.6) is 0 Å². The Morgan fingerprint density at radius 2 is 2.36 bits per heavy atom. The van der Waals surface area contributed by atoms with Gasteiger partial charge in [0.1, 0.15) is 0 Å². The normalized spacial score (nSPS) is 13.9. The lowest BCUT2D eigenvalue weighted by atomic mass is 10.1. The summed E-state index contributed by atoms with van der Waals surface area (Å²) in [5.74, 6) is -0.382. The highest BCUT2D eigenvalue weighted by Gasteiger charge is 2.10. The topological polar surface area (TPSA) is 38.3 Å². The summed E-state index contributed by atoms with van der Waals surface area (Å²) in [4.78, 5) is 11.3. The number of hydrogen-bond donors (Lipinski definition) is 1. The van der Waals surface area contributed by atoms with E-state index in [-0.39, 0.29) is 5.97 Å². The minimum Gasteiger partial charge on any atom is -0.462 e. The van der Waals surface area contributed by atoms with Gasteiger partial charge in [-0.25, -0.2) is 4.79 Å². The van der Waals surface area contributed by atoms with E-state index in [1.165, 1.54) is 0 Å². The second-order valence-corrected chi connectivity index (χ2v) is 2.68. The number of allylic oxidation sites excluding steroid dienone is 3. The Hall–Kier alpha value is -1.77. The summed E-state index contributed by atoms with van der Waals surface area (Å²) in [6.07, 6.45) is 8.94. The van der Waals surface area contributed by atoms with Crippen LogP contribution in [0.15, 0.2) is 48.4 Å². The Balaban J connectivity index is 2.69. The fourth-order valence-corrected chi connectivity index (χ4v) is 0.980. The number of nitrogens with one attached hydrogen (secondary N) is 1. The maximum Gasteiger partial charge on any atom is 0.338 e. The number of rotatable bonds is 3. The largest absolute Gasteiger partial charge is 0.462 e. The summed E-state index contributed by atoms with van der Waals surface area (Å²) in [6, 6.07) is 0. The molecule has 3 heteroatoms. The number of hydrogen-bond acceptors (Lipinski definition) is 3. The zero-order valence-corrected chi connectivity index (χ0v) is 8.12. The Kier molecular flexibility index (Phi) is 3.73. The van der Waals surface area contributed by atoms with Gasteiger partial charge < -0.3 is 10.1 Å². The van der Waals surface area contributed by atoms with E-state index in [0.29, 0.717) is 12.2 Å². The Morgan fingerprint density at radius 1 is 1.57 bits per heavy atom. The lowest BCUT2D eigenvalue weighted by Crippen LogP contribution is -2.09. The standard InChI is InChI=1S/C11H13NO2/c1-3-14-11(13)9(2)10-6-4-5-7-12-8-10/h4-8,12H,2-3H2,1H3. The molecule has 1 aliphatic heterocycles. The molecule has 0 atom stereocenters. The molecule has 0 fully saturated rings. The van der Waals surface area contributed by atoms with Crippen molar-refractivity contribution in [3.63, 3.8) is 0 Å². The summed E-state index contributed by atoms with van der Waals surface area (Å²) in [5.41, 5.74) is 1.09. The van der Waals surface area contributed by atoms with Gasteiger partial charge in [-0.15, -0.1) is 0 Å². The van der Waals surface area contributed by atoms with Gasteiger partial charge in [-0.05, 0) is 13.0 Å². The van der Waals surface area contributed by atoms with Gasteiger partial charge in [0.25, 0.3) is 0 Å². The quantitative estimate of drug-likeness (QED) is 0.544. The third-order valence-electron chi connectivity index (χ3n) is 1.69. The second kappa shape index (κ2) is 5.07. The summed E-state index contributed by atoms with van der Waals surface area (Å²) >= 11 is 0. The summed E-state index contributed by atoms with van der Waals surface area (Å²) in [7, 11) is 0. The molecule has 1 heterocycles. The molecular weight excluding hydrogens is 178 g/mol. The van der Waals surface area contributed by atoms with Gasteiger partial charge in [-0.2, -0.15) is 0 Å². The second-order valence-electron chi connectivity index (χ2n) is 2.68. The third kappa shape index (κ3) is 2.62. The molecule has 0 aromatic rings. The third-order valence-corrected chi connectivity index (χ3v) is 1.69. The first-order valence-electron chi connectivity index (χ1n) is 4.41. The van der Waals surface area contributed by atoms with Crippen molar-refractivity contribution >= 4 is 5.97 Å². The average molecular weight is 191 g/mol. The van der Waals surface area contributed by atoms with Crippen LogP contribution in [0, 0.1) is 0 Å². The van der Waals surface area contributed by atoms with E-state index >= 15 is 0 Å². The molecular formula is C11H13NO2. The fourth-order valence-electron chi connectivity index (χ4n) is 0.980. The predicted molar refractivity (Wildman–Crippen MR) is 55.3 cm³/mol. The predicted octanol–water partition coefficient (Wildman–Crippen LogP) is 1.66. The van der Waals surface area contributed by atoms with Crippen molar-refractivity contribution < 1.29 is 9.53 Å². The first-order chi connectivity index (χ1) is 6.75. The van der Waals surface area contributed by atoms with Gasteiger partial charge in [0.15, 0.2) is 0 Å². The first-order valence-corrected chi connectivity index (χ1v) is 4.41. The molecule has 74 valence electrons. The van der Waals surface area contributed by atoms with Crippen LogP contribution in [0.3, 0.4) is 0 Å². The number of esters is 1. The fraction of sp³-hybridized carbons (Fsp3) is 0.182. The van der Waals surface area contributed by atoms with Crippen LogP contribution in [-0.2, 0) is 9.53 Å². The zero-order chi connectivity index (χ0) is 10.4. The van der Waals surface area contributed by atoms with Crippen molar-refractivity contribution in [3.05, 3.63) is 48.4 Å². The molecule has 0 aliphatic carbocycles. The maximum atomic E-state index is 11.3. The molecule has 0 spiro atoms. The monoisotopic (exact) mass is 191 g/mol. The van der Waals surface area contributed by atoms with Crippen LogP contribution in [0.2, 0.25) is 0 Å². The number of ether oxygens (including phenoxy) is 1. The Labute approximate surface area is 83.4 Å². The maximum absolute atomic E-state index is 11.3. The molecule has 0 bridgehead atoms. The van der Waals surface area contributed by atoms with Crippen LogP contribution in [0.1, 0.15) is 6.92 Å². The van der Waals surface area contributed by atoms with E-state index in [1.807, 2.05) is 12.2 Å². The highest BCUT2D eigenvalue weighted by molar-refractivity contribution is 5.93. The van der Waals surface area contributed by atoms with Crippen LogP contribution in [0.4, 0.5) is 0 Å². The van der Waals surface area contributed by atoms with Gasteiger partial charge in [0.05, 0.1) is 12.2 Å². The molecule has 14 heavy (non-hydrogen) atoms. The molecule has 1 rings (SSSR count). The van der Waals surface area contributed by atoms with E-state index < -0.39 is 0 Å². The van der Waals surface area contributed by atoms with Crippen molar-refractivity contribution in [2.75, 3.05) is 6.61 Å². The van der Waals surface area contributed by atoms with Crippen molar-refractivity contribution in [2.24, 2.45) is 0 Å². The van der Waals surface area contributed by atoms with Crippen molar-refractivity contribution in [2.45, 2.75) is 6.92 Å². The molecule has 0 radical (unpaired) electrons. The molecule has 0 aromatic heterocycles. The minimum absolute atomic E-state index is 0.360. The van der Waals surface area contributed by atoms with E-state index in [9.17, 15) is 4.79 Å². The van der Waals surface area contributed by atoms with Gasteiger partial charge in [0.2, 0.25) is 0 Å². The summed E-state index contributed by atoms with van der Waals surface area (Å²) in [6.45, 7) is 5.80. The van der Waals surface area contributed by atoms with Gasteiger partial charge in [-0.1, -0.05) is 18.7 Å². The van der Waals surface area contributed by atoms with E-state index in [1.54, 1.807) is 25.4 Å². The minimum atomic E-state index is -0.382. The molecule has 0 amide bonds. The smallest absolute Gasteiger partial charge is 0.338 e. The number of carbonyl (C=O) groups excluding carboxylic acids is 1. The molecule has 0 aromatic carbocycles. The Bertz CT molecular complexity index is 324. The molecule has 1 aliphatic rings. The van der Waals surface area contributed by atoms with Gasteiger partial charge >= 0.3 is 5.97 Å². The van der Waals surface area contributed by atoms with Crippen molar-refractivity contribution in [1.29, 1.82) is 0 Å². The SMILES string of the molecule is C=C(C(=O)OCC)C1=CNC=CC=C1. The van der Waals surface area contributed by atoms with Crippen molar-refractivity contribution in [3.8, 4) is 0 Å². The lowest BCUT2D eigenvalue weighted by Gasteiger charge is -2.05. The van der Waals surface area contributed by atoms with E-state index in [2.05, 4.69) is 11.9 Å². The van der Waals surface area contributed by atoms with Crippen molar-refractivity contribution in [1.82, 2.24) is 5.32 Å². The van der Waals surface area contributed by atoms with Gasteiger partial charge in [0, 0.05) is 18.0 Å². The molecule has 1 N–H and O–H groups in total. The van der Waals surface area contributed by atoms with Crippen LogP contribution < -0.4 is 5.32 Å².